The second-order valence-corrected chi connectivity index (χ2v) is 12.7. The molecule has 2 heterocycles. The first-order valence-electron chi connectivity index (χ1n) is 13.1. The van der Waals surface area contributed by atoms with Gasteiger partial charge < -0.3 is 19.9 Å². The van der Waals surface area contributed by atoms with E-state index in [1.54, 1.807) is 24.6 Å². The number of amides is 2. The van der Waals surface area contributed by atoms with Crippen LogP contribution >= 0.6 is 23.1 Å². The number of carbonyl (C=O) groups excluding carboxylic acids is 3. The molecule has 1 aliphatic rings. The van der Waals surface area contributed by atoms with Gasteiger partial charge in [-0.1, -0.05) is 44.7 Å². The minimum Gasteiger partial charge on any atom is -0.462 e. The summed E-state index contributed by atoms with van der Waals surface area (Å²) in [6, 6.07) is 5.73. The molecule has 1 atom stereocenters. The maximum atomic E-state index is 13.9. The molecule has 0 saturated carbocycles. The molecular weight excluding hydrogens is 553 g/mol. The number of thioether (sulfide) groups is 1. The first kappa shape index (κ1) is 29.7. The van der Waals surface area contributed by atoms with Crippen LogP contribution in [0.1, 0.15) is 71.1 Å². The highest BCUT2D eigenvalue weighted by molar-refractivity contribution is 7.99. The molecule has 2 aromatic heterocycles. The maximum Gasteiger partial charge on any atom is 0.341 e. The van der Waals surface area contributed by atoms with E-state index < -0.39 is 17.7 Å². The molecule has 3 aromatic rings. The fraction of sp³-hybridized carbons (Fsp3) is 0.464. The second kappa shape index (κ2) is 12.5. The first-order valence-corrected chi connectivity index (χ1v) is 14.9. The Balaban J connectivity index is 1.40. The lowest BCUT2D eigenvalue weighted by atomic mass is 9.72. The molecule has 0 bridgehead atoms. The van der Waals surface area contributed by atoms with Crippen molar-refractivity contribution in [2.75, 3.05) is 17.7 Å². The predicted octanol–water partition coefficient (Wildman–Crippen LogP) is 5.00. The summed E-state index contributed by atoms with van der Waals surface area (Å²) in [6.07, 6.45) is 2.63. The van der Waals surface area contributed by atoms with Gasteiger partial charge in [0, 0.05) is 11.9 Å². The Morgan fingerprint density at radius 3 is 2.67 bits per heavy atom. The normalized spacial score (nSPS) is 14.9. The van der Waals surface area contributed by atoms with E-state index in [2.05, 4.69) is 41.6 Å². The number of carbonyl (C=O) groups is 3. The molecule has 0 spiro atoms. The number of esters is 1. The molecule has 4 rings (SSSR count). The number of benzene rings is 1. The van der Waals surface area contributed by atoms with Gasteiger partial charge in [0.15, 0.2) is 11.0 Å². The fourth-order valence-electron chi connectivity index (χ4n) is 4.65. The van der Waals surface area contributed by atoms with Gasteiger partial charge in [-0.15, -0.1) is 21.5 Å². The quantitative estimate of drug-likeness (QED) is 0.267. The topological polar surface area (TPSA) is 115 Å². The van der Waals surface area contributed by atoms with Crippen molar-refractivity contribution in [2.24, 2.45) is 18.4 Å². The summed E-state index contributed by atoms with van der Waals surface area (Å²) in [5.74, 6) is -0.855. The summed E-state index contributed by atoms with van der Waals surface area (Å²) < 4.78 is 20.9. The van der Waals surface area contributed by atoms with E-state index in [0.717, 1.165) is 29.7 Å². The van der Waals surface area contributed by atoms with Gasteiger partial charge in [-0.2, -0.15) is 0 Å². The van der Waals surface area contributed by atoms with E-state index in [-0.39, 0.29) is 35.8 Å². The summed E-state index contributed by atoms with van der Waals surface area (Å²) in [4.78, 5) is 39.2. The lowest BCUT2D eigenvalue weighted by molar-refractivity contribution is -0.113. The van der Waals surface area contributed by atoms with Crippen molar-refractivity contribution in [1.29, 1.82) is 0 Å². The van der Waals surface area contributed by atoms with Gasteiger partial charge in [-0.05, 0) is 55.2 Å². The molecule has 40 heavy (non-hydrogen) atoms. The number of ether oxygens (including phenoxy) is 1. The molecule has 0 aliphatic heterocycles. The van der Waals surface area contributed by atoms with Crippen LogP contribution in [0.25, 0.3) is 0 Å². The molecule has 12 heteroatoms. The van der Waals surface area contributed by atoms with Gasteiger partial charge in [0.25, 0.3) is 5.91 Å². The molecule has 2 amide bonds. The summed E-state index contributed by atoms with van der Waals surface area (Å²) >= 11 is 2.64. The number of hydrogen-bond donors (Lipinski definition) is 2. The van der Waals surface area contributed by atoms with Crippen LogP contribution in [0.5, 0.6) is 0 Å². The summed E-state index contributed by atoms with van der Waals surface area (Å²) in [7, 11) is 1.72. The number of fused-ring (bicyclic) bond motifs is 1. The van der Waals surface area contributed by atoms with Gasteiger partial charge in [0.2, 0.25) is 5.91 Å². The average Bonchev–Trinajstić information content (AvgIpc) is 3.44. The van der Waals surface area contributed by atoms with Crippen LogP contribution in [0, 0.1) is 17.2 Å². The zero-order valence-electron chi connectivity index (χ0n) is 23.3. The number of hydrogen-bond acceptors (Lipinski definition) is 8. The molecule has 2 N–H and O–H groups in total. The second-order valence-electron chi connectivity index (χ2n) is 10.7. The Hall–Kier alpha value is -3.25. The molecular formula is C28H34FN5O4S2. The highest BCUT2D eigenvalue weighted by atomic mass is 32.2. The zero-order chi connectivity index (χ0) is 29.0. The van der Waals surface area contributed by atoms with Crippen LogP contribution in [0.15, 0.2) is 29.4 Å². The van der Waals surface area contributed by atoms with E-state index in [9.17, 15) is 18.8 Å². The van der Waals surface area contributed by atoms with Crippen LogP contribution in [0.4, 0.5) is 9.39 Å². The van der Waals surface area contributed by atoms with Crippen LogP contribution in [0.3, 0.4) is 0 Å². The van der Waals surface area contributed by atoms with Crippen molar-refractivity contribution < 1.29 is 23.5 Å². The highest BCUT2D eigenvalue weighted by Gasteiger charge is 2.34. The van der Waals surface area contributed by atoms with E-state index in [4.69, 9.17) is 4.74 Å². The number of halogens is 1. The third kappa shape index (κ3) is 6.72. The smallest absolute Gasteiger partial charge is 0.341 e. The zero-order valence-corrected chi connectivity index (χ0v) is 24.9. The van der Waals surface area contributed by atoms with Crippen LogP contribution in [0.2, 0.25) is 0 Å². The number of anilines is 1. The number of nitrogens with zero attached hydrogens (tertiary/aromatic N) is 3. The summed E-state index contributed by atoms with van der Waals surface area (Å²) in [5, 5.41) is 14.8. The Morgan fingerprint density at radius 2 is 1.98 bits per heavy atom. The minimum absolute atomic E-state index is 0.0443. The Bertz CT molecular complexity index is 1410. The number of aromatic nitrogens is 3. The lowest BCUT2D eigenvalue weighted by Crippen LogP contribution is -2.26. The van der Waals surface area contributed by atoms with Gasteiger partial charge in [-0.3, -0.25) is 9.59 Å². The number of thiophene rings is 1. The standard InChI is InChI=1S/C28H34FN5O4S2/c1-6-38-26(37)23-18-12-11-16(28(2,3)4)13-20(18)40-25(23)31-22(35)15-39-27-33-32-21(34(27)5)14-30-24(36)17-9-7-8-10-19(17)29/h7-10,16H,6,11-15H2,1-5H3,(H,30,36)(H,31,35). The van der Waals surface area contributed by atoms with Crippen LogP contribution in [-0.4, -0.2) is 44.9 Å². The van der Waals surface area contributed by atoms with Crippen molar-refractivity contribution in [3.05, 3.63) is 57.5 Å². The maximum absolute atomic E-state index is 13.9. The van der Waals surface area contributed by atoms with Gasteiger partial charge in [-0.25, -0.2) is 9.18 Å². The third-order valence-electron chi connectivity index (χ3n) is 7.01. The van der Waals surface area contributed by atoms with Crippen LogP contribution in [-0.2, 0) is 36.0 Å². The Kier molecular flexibility index (Phi) is 9.29. The van der Waals surface area contributed by atoms with Gasteiger partial charge >= 0.3 is 5.97 Å². The minimum atomic E-state index is -0.605. The molecule has 9 nitrogen and oxygen atoms in total. The van der Waals surface area contributed by atoms with E-state index >= 15 is 0 Å². The molecule has 0 fully saturated rings. The van der Waals surface area contributed by atoms with Crippen molar-refractivity contribution in [3.63, 3.8) is 0 Å². The number of rotatable bonds is 9. The van der Waals surface area contributed by atoms with Gasteiger partial charge in [0.1, 0.15) is 10.8 Å². The molecule has 0 radical (unpaired) electrons. The SMILES string of the molecule is CCOC(=O)c1c(NC(=O)CSc2nnc(CNC(=O)c3ccccc3F)n2C)sc2c1CCC(C(C)(C)C)C2. The fourth-order valence-corrected chi connectivity index (χ4v) is 6.71. The molecule has 1 aliphatic carbocycles. The summed E-state index contributed by atoms with van der Waals surface area (Å²) in [6.45, 7) is 8.77. The molecule has 1 unspecified atom stereocenters. The van der Waals surface area contributed by atoms with Crippen LogP contribution < -0.4 is 10.6 Å². The lowest BCUT2D eigenvalue weighted by Gasteiger charge is -2.33. The first-order chi connectivity index (χ1) is 19.0. The Morgan fingerprint density at radius 1 is 1.23 bits per heavy atom. The third-order valence-corrected chi connectivity index (χ3v) is 9.20. The monoisotopic (exact) mass is 587 g/mol. The largest absolute Gasteiger partial charge is 0.462 e. The highest BCUT2D eigenvalue weighted by Crippen LogP contribution is 2.44. The predicted molar refractivity (Wildman–Crippen MR) is 153 cm³/mol. The van der Waals surface area contributed by atoms with Crippen molar-refractivity contribution in [3.8, 4) is 0 Å². The van der Waals surface area contributed by atoms with E-state index in [1.165, 1.54) is 41.3 Å². The molecule has 0 saturated heterocycles. The summed E-state index contributed by atoms with van der Waals surface area (Å²) in [5.41, 5.74) is 1.56. The van der Waals surface area contributed by atoms with Crippen molar-refractivity contribution in [2.45, 2.75) is 58.7 Å². The number of nitrogens with one attached hydrogen (secondary N) is 2. The molecule has 214 valence electrons. The van der Waals surface area contributed by atoms with Gasteiger partial charge in [0.05, 0.1) is 30.0 Å². The van der Waals surface area contributed by atoms with E-state index in [1.807, 2.05) is 0 Å². The van der Waals surface area contributed by atoms with Crippen molar-refractivity contribution >= 4 is 45.9 Å². The molecule has 1 aromatic carbocycles. The average molecular weight is 588 g/mol. The van der Waals surface area contributed by atoms with E-state index in [0.29, 0.717) is 27.5 Å². The Labute approximate surface area is 241 Å². The van der Waals surface area contributed by atoms with Crippen molar-refractivity contribution in [1.82, 2.24) is 20.1 Å².